The van der Waals surface area contributed by atoms with Crippen molar-refractivity contribution in [3.8, 4) is 0 Å². The van der Waals surface area contributed by atoms with E-state index < -0.39 is 23.8 Å². The Labute approximate surface area is 90.5 Å². The van der Waals surface area contributed by atoms with Gasteiger partial charge < -0.3 is 25.8 Å². The summed E-state index contributed by atoms with van der Waals surface area (Å²) in [6, 6.07) is -1.16. The van der Waals surface area contributed by atoms with E-state index in [1.54, 1.807) is 0 Å². The topological polar surface area (TPSA) is 145 Å². The van der Waals surface area contributed by atoms with E-state index in [0.717, 1.165) is 6.08 Å². The lowest BCUT2D eigenvalue weighted by Gasteiger charge is -2.10. The van der Waals surface area contributed by atoms with Crippen LogP contribution in [0, 0.1) is 0 Å². The molecule has 1 atom stereocenters. The van der Waals surface area contributed by atoms with Crippen LogP contribution in [0.5, 0.6) is 0 Å². The average molecular weight is 228 g/mol. The number of ketones is 1. The van der Waals surface area contributed by atoms with E-state index in [0.29, 0.717) is 12.3 Å². The van der Waals surface area contributed by atoms with Gasteiger partial charge in [0.25, 0.3) is 5.78 Å². The molecule has 0 spiro atoms. The predicted molar refractivity (Wildman–Crippen MR) is 46.2 cm³/mol. The first-order chi connectivity index (χ1) is 7.38. The Kier molecular flexibility index (Phi) is 5.50. The van der Waals surface area contributed by atoms with Crippen LogP contribution >= 0.6 is 0 Å². The van der Waals surface area contributed by atoms with Crippen LogP contribution in [0.15, 0.2) is 24.0 Å². The number of quaternary nitrogens is 1. The number of carbonyl (C=O) groups excluding carboxylic acids is 2. The molecule has 0 unspecified atom stereocenters. The SMILES string of the molecule is [NH3+][C@@H](CC(/C=C/[O-])=C\C(=O)C(=O)O)C(=O)[O-]. The van der Waals surface area contributed by atoms with Crippen molar-refractivity contribution in [1.29, 1.82) is 0 Å². The molecule has 0 aromatic heterocycles. The monoisotopic (exact) mass is 228 g/mol. The quantitative estimate of drug-likeness (QED) is 0.206. The van der Waals surface area contributed by atoms with Crippen LogP contribution in [0.2, 0.25) is 0 Å². The molecule has 0 radical (unpaired) electrons. The van der Waals surface area contributed by atoms with Crippen molar-refractivity contribution in [3.05, 3.63) is 24.0 Å². The Balaban J connectivity index is 4.81. The standard InChI is InChI=1S/C9H11NO6/c10-6(8(13)14)3-5(1-2-11)4-7(12)9(15)16/h1-2,4,6,11H,3,10H2,(H,13,14)(H,15,16)/p-1/b2-1+,5-4-/t6-/m0/s1. The van der Waals surface area contributed by atoms with Crippen molar-refractivity contribution in [3.63, 3.8) is 0 Å². The molecule has 0 saturated heterocycles. The lowest BCUT2D eigenvalue weighted by Crippen LogP contribution is -2.68. The van der Waals surface area contributed by atoms with Crippen molar-refractivity contribution >= 4 is 17.7 Å². The molecule has 0 heterocycles. The molecule has 0 aliphatic carbocycles. The maximum Gasteiger partial charge on any atom is 0.376 e. The van der Waals surface area contributed by atoms with Gasteiger partial charge in [-0.1, -0.05) is 6.08 Å². The number of hydrogen-bond donors (Lipinski definition) is 2. The van der Waals surface area contributed by atoms with Crippen LogP contribution in [-0.4, -0.2) is 28.9 Å². The van der Waals surface area contributed by atoms with E-state index in [9.17, 15) is 24.6 Å². The van der Waals surface area contributed by atoms with Crippen LogP contribution in [-0.2, 0) is 14.4 Å². The van der Waals surface area contributed by atoms with E-state index in [2.05, 4.69) is 5.73 Å². The summed E-state index contributed by atoms with van der Waals surface area (Å²) >= 11 is 0. The van der Waals surface area contributed by atoms with Crippen molar-refractivity contribution in [2.45, 2.75) is 12.5 Å². The van der Waals surface area contributed by atoms with E-state index in [1.807, 2.05) is 0 Å². The molecule has 88 valence electrons. The largest absolute Gasteiger partial charge is 0.878 e. The van der Waals surface area contributed by atoms with Gasteiger partial charge >= 0.3 is 5.97 Å². The minimum absolute atomic E-state index is 0.0217. The molecule has 0 fully saturated rings. The second kappa shape index (κ2) is 6.36. The fourth-order valence-electron chi connectivity index (χ4n) is 0.860. The molecular formula is C9H10NO6-. The Hall–Kier alpha value is -2.15. The summed E-state index contributed by atoms with van der Waals surface area (Å²) < 4.78 is 0. The highest BCUT2D eigenvalue weighted by Crippen LogP contribution is 2.05. The van der Waals surface area contributed by atoms with Crippen molar-refractivity contribution in [2.75, 3.05) is 0 Å². The van der Waals surface area contributed by atoms with Crippen LogP contribution in [0.3, 0.4) is 0 Å². The molecule has 0 amide bonds. The third-order valence-electron chi connectivity index (χ3n) is 1.62. The molecule has 7 heteroatoms. The van der Waals surface area contributed by atoms with Crippen molar-refractivity contribution in [1.82, 2.24) is 0 Å². The number of allylic oxidation sites excluding steroid dienone is 1. The zero-order valence-electron chi connectivity index (χ0n) is 8.21. The van der Waals surface area contributed by atoms with Crippen LogP contribution in [0.1, 0.15) is 6.42 Å². The number of aliphatic carboxylic acids is 2. The molecule has 0 aliphatic rings. The fourth-order valence-corrected chi connectivity index (χ4v) is 0.860. The van der Waals surface area contributed by atoms with Gasteiger partial charge in [-0.15, -0.1) is 6.26 Å². The molecule has 16 heavy (non-hydrogen) atoms. The smallest absolute Gasteiger partial charge is 0.376 e. The van der Waals surface area contributed by atoms with Gasteiger partial charge in [-0.2, -0.15) is 0 Å². The minimum Gasteiger partial charge on any atom is -0.878 e. The first-order valence-electron chi connectivity index (χ1n) is 4.18. The van der Waals surface area contributed by atoms with Crippen LogP contribution in [0.25, 0.3) is 0 Å². The maximum absolute atomic E-state index is 10.8. The van der Waals surface area contributed by atoms with E-state index >= 15 is 0 Å². The number of carbonyl (C=O) groups is 3. The first-order valence-corrected chi connectivity index (χ1v) is 4.18. The van der Waals surface area contributed by atoms with E-state index in [4.69, 9.17) is 5.11 Å². The van der Waals surface area contributed by atoms with Gasteiger partial charge in [0, 0.05) is 6.42 Å². The summed E-state index contributed by atoms with van der Waals surface area (Å²) in [5.74, 6) is -4.38. The van der Waals surface area contributed by atoms with Gasteiger partial charge in [-0.3, -0.25) is 4.79 Å². The zero-order chi connectivity index (χ0) is 12.7. The zero-order valence-corrected chi connectivity index (χ0v) is 8.21. The number of carboxylic acid groups (broad SMARTS) is 2. The van der Waals surface area contributed by atoms with Crippen molar-refractivity contribution < 1.29 is 35.4 Å². The first kappa shape index (κ1) is 13.8. The van der Waals surface area contributed by atoms with Gasteiger partial charge in [0.1, 0.15) is 6.04 Å². The summed E-state index contributed by atoms with van der Waals surface area (Å²) in [7, 11) is 0. The highest BCUT2D eigenvalue weighted by molar-refractivity contribution is 6.37. The average Bonchev–Trinajstić information content (AvgIpc) is 2.17. The summed E-state index contributed by atoms with van der Waals surface area (Å²) in [6.45, 7) is 0. The van der Waals surface area contributed by atoms with Gasteiger partial charge in [0.05, 0.1) is 5.97 Å². The van der Waals surface area contributed by atoms with Crippen LogP contribution in [0.4, 0.5) is 0 Å². The Morgan fingerprint density at radius 2 is 1.94 bits per heavy atom. The number of hydrogen-bond acceptors (Lipinski definition) is 5. The Morgan fingerprint density at radius 3 is 2.31 bits per heavy atom. The van der Waals surface area contributed by atoms with Gasteiger partial charge in [0.2, 0.25) is 0 Å². The number of rotatable bonds is 6. The molecule has 4 N–H and O–H groups in total. The normalized spacial score (nSPS) is 13.7. The fraction of sp³-hybridized carbons (Fsp3) is 0.222. The molecule has 7 nitrogen and oxygen atoms in total. The molecule has 0 aliphatic heterocycles. The molecule has 0 saturated carbocycles. The van der Waals surface area contributed by atoms with Crippen molar-refractivity contribution in [2.24, 2.45) is 0 Å². The second-order valence-corrected chi connectivity index (χ2v) is 2.91. The van der Waals surface area contributed by atoms with Gasteiger partial charge in [0.15, 0.2) is 0 Å². The summed E-state index contributed by atoms with van der Waals surface area (Å²) in [5.41, 5.74) is 3.19. The lowest BCUT2D eigenvalue weighted by molar-refractivity contribution is -0.436. The molecule has 0 rings (SSSR count). The third kappa shape index (κ3) is 4.91. The molecule has 0 bridgehead atoms. The lowest BCUT2D eigenvalue weighted by atomic mass is 10.1. The third-order valence-corrected chi connectivity index (χ3v) is 1.62. The molecule has 0 aromatic rings. The predicted octanol–water partition coefficient (Wildman–Crippen LogP) is -3.81. The Bertz CT molecular complexity index is 357. The van der Waals surface area contributed by atoms with Gasteiger partial charge in [-0.05, 0) is 11.6 Å². The summed E-state index contributed by atoms with van der Waals surface area (Å²) in [4.78, 5) is 31.4. The molecular weight excluding hydrogens is 218 g/mol. The second-order valence-electron chi connectivity index (χ2n) is 2.91. The Morgan fingerprint density at radius 1 is 1.38 bits per heavy atom. The van der Waals surface area contributed by atoms with Gasteiger partial charge in [-0.25, -0.2) is 4.79 Å². The minimum atomic E-state index is -1.69. The van der Waals surface area contributed by atoms with E-state index in [1.165, 1.54) is 0 Å². The van der Waals surface area contributed by atoms with E-state index in [-0.39, 0.29) is 12.0 Å². The molecule has 0 aromatic carbocycles. The number of carboxylic acids is 2. The summed E-state index contributed by atoms with van der Waals surface area (Å²) in [5, 5.41) is 28.8. The maximum atomic E-state index is 10.8. The highest BCUT2D eigenvalue weighted by atomic mass is 16.4. The van der Waals surface area contributed by atoms with Crippen LogP contribution < -0.4 is 15.9 Å². The summed E-state index contributed by atoms with van der Waals surface area (Å²) in [6.07, 6.45) is 1.66. The highest BCUT2D eigenvalue weighted by Gasteiger charge is 2.13.